The van der Waals surface area contributed by atoms with E-state index in [-0.39, 0.29) is 0 Å². The number of rotatable bonds is 2. The van der Waals surface area contributed by atoms with Crippen LogP contribution in [0.25, 0.3) is 0 Å². The molecule has 0 aliphatic heterocycles. The van der Waals surface area contributed by atoms with Gasteiger partial charge >= 0.3 is 0 Å². The fourth-order valence-electron chi connectivity index (χ4n) is 1.89. The van der Waals surface area contributed by atoms with Gasteiger partial charge in [0.05, 0.1) is 6.33 Å². The number of benzene rings is 1. The van der Waals surface area contributed by atoms with Gasteiger partial charge in [-0.3, -0.25) is 0 Å². The molecule has 1 N–H and O–H groups in total. The number of aryl methyl sites for hydroxylation is 3. The minimum Gasteiger partial charge on any atom is -0.369 e. The summed E-state index contributed by atoms with van der Waals surface area (Å²) in [5, 5.41) is 10.3. The second-order valence-electron chi connectivity index (χ2n) is 4.18. The van der Waals surface area contributed by atoms with Gasteiger partial charge in [0.2, 0.25) is 0 Å². The lowest BCUT2D eigenvalue weighted by atomic mass is 10.0. The van der Waals surface area contributed by atoms with Gasteiger partial charge in [0.1, 0.15) is 0 Å². The van der Waals surface area contributed by atoms with Gasteiger partial charge in [-0.2, -0.15) is 0 Å². The minimum atomic E-state index is -0.650. The maximum absolute atomic E-state index is 10.3. The van der Waals surface area contributed by atoms with Crippen molar-refractivity contribution in [2.75, 3.05) is 0 Å². The zero-order valence-electron chi connectivity index (χ0n) is 9.81. The van der Waals surface area contributed by atoms with Gasteiger partial charge in [0, 0.05) is 17.5 Å². The zero-order chi connectivity index (χ0) is 11.7. The summed E-state index contributed by atoms with van der Waals surface area (Å²) in [6.45, 7) is 5.99. The van der Waals surface area contributed by atoms with Gasteiger partial charge in [-0.05, 0) is 26.3 Å². The van der Waals surface area contributed by atoms with Crippen molar-refractivity contribution < 1.29 is 5.11 Å². The average Bonchev–Trinajstić information content (AvgIpc) is 2.63. The summed E-state index contributed by atoms with van der Waals surface area (Å²) in [6, 6.07) is 6.05. The Morgan fingerprint density at radius 2 is 2.00 bits per heavy atom. The lowest BCUT2D eigenvalue weighted by Gasteiger charge is -2.17. The Morgan fingerprint density at radius 1 is 1.25 bits per heavy atom. The highest BCUT2D eigenvalue weighted by Crippen LogP contribution is 2.21. The van der Waals surface area contributed by atoms with Crippen LogP contribution >= 0.6 is 0 Å². The SMILES string of the molecule is Cc1ccc(C(O)n2cncc2C)c(C)c1. The zero-order valence-corrected chi connectivity index (χ0v) is 9.81. The Morgan fingerprint density at radius 3 is 2.56 bits per heavy atom. The Kier molecular flexibility index (Phi) is 2.79. The number of aliphatic hydroxyl groups is 1. The summed E-state index contributed by atoms with van der Waals surface area (Å²) in [5.74, 6) is 0. The van der Waals surface area contributed by atoms with Crippen LogP contribution in [0.2, 0.25) is 0 Å². The van der Waals surface area contributed by atoms with E-state index in [1.807, 2.05) is 32.9 Å². The first-order valence-corrected chi connectivity index (χ1v) is 5.33. The van der Waals surface area contributed by atoms with Crippen LogP contribution in [-0.2, 0) is 0 Å². The van der Waals surface area contributed by atoms with Crippen LogP contribution in [0.4, 0.5) is 0 Å². The summed E-state index contributed by atoms with van der Waals surface area (Å²) in [5.41, 5.74) is 4.18. The van der Waals surface area contributed by atoms with E-state index >= 15 is 0 Å². The fraction of sp³-hybridized carbons (Fsp3) is 0.308. The van der Waals surface area contributed by atoms with Crippen molar-refractivity contribution in [1.82, 2.24) is 9.55 Å². The smallest absolute Gasteiger partial charge is 0.158 e. The minimum absolute atomic E-state index is 0.650. The molecule has 0 radical (unpaired) electrons. The maximum atomic E-state index is 10.3. The van der Waals surface area contributed by atoms with Crippen molar-refractivity contribution in [3.63, 3.8) is 0 Å². The van der Waals surface area contributed by atoms with E-state index in [0.29, 0.717) is 0 Å². The molecule has 16 heavy (non-hydrogen) atoms. The van der Waals surface area contributed by atoms with Crippen molar-refractivity contribution in [2.24, 2.45) is 0 Å². The van der Waals surface area contributed by atoms with E-state index in [1.165, 1.54) is 5.56 Å². The maximum Gasteiger partial charge on any atom is 0.158 e. The number of aromatic nitrogens is 2. The normalized spacial score (nSPS) is 12.8. The number of hydrogen-bond donors (Lipinski definition) is 1. The topological polar surface area (TPSA) is 38.0 Å². The van der Waals surface area contributed by atoms with Crippen LogP contribution in [0.3, 0.4) is 0 Å². The fourth-order valence-corrected chi connectivity index (χ4v) is 1.89. The number of hydrogen-bond acceptors (Lipinski definition) is 2. The number of imidazole rings is 1. The molecule has 1 heterocycles. The van der Waals surface area contributed by atoms with Crippen LogP contribution in [0.5, 0.6) is 0 Å². The van der Waals surface area contributed by atoms with E-state index < -0.39 is 6.23 Å². The van der Waals surface area contributed by atoms with Gasteiger partial charge < -0.3 is 9.67 Å². The van der Waals surface area contributed by atoms with Crippen LogP contribution in [-0.4, -0.2) is 14.7 Å². The lowest BCUT2D eigenvalue weighted by molar-refractivity contribution is 0.143. The van der Waals surface area contributed by atoms with Gasteiger partial charge in [0.15, 0.2) is 6.23 Å². The molecule has 1 aromatic heterocycles. The second-order valence-corrected chi connectivity index (χ2v) is 4.18. The molecule has 1 atom stereocenters. The molecule has 3 heteroatoms. The van der Waals surface area contributed by atoms with Crippen LogP contribution in [0.1, 0.15) is 28.6 Å². The van der Waals surface area contributed by atoms with E-state index in [9.17, 15) is 5.11 Å². The molecule has 0 fully saturated rings. The first-order chi connectivity index (χ1) is 7.59. The molecule has 0 saturated carbocycles. The summed E-state index contributed by atoms with van der Waals surface area (Å²) in [6.07, 6.45) is 2.74. The number of aliphatic hydroxyl groups excluding tert-OH is 1. The molecule has 0 aliphatic rings. The highest BCUT2D eigenvalue weighted by Gasteiger charge is 2.13. The van der Waals surface area contributed by atoms with Gasteiger partial charge in [-0.15, -0.1) is 0 Å². The first-order valence-electron chi connectivity index (χ1n) is 5.33. The third-order valence-corrected chi connectivity index (χ3v) is 2.83. The third kappa shape index (κ3) is 1.86. The van der Waals surface area contributed by atoms with E-state index in [1.54, 1.807) is 17.1 Å². The largest absolute Gasteiger partial charge is 0.369 e. The van der Waals surface area contributed by atoms with E-state index in [4.69, 9.17) is 0 Å². The van der Waals surface area contributed by atoms with Gasteiger partial charge in [-0.1, -0.05) is 23.8 Å². The summed E-state index contributed by atoms with van der Waals surface area (Å²) in [7, 11) is 0. The molecule has 0 spiro atoms. The molecule has 0 bridgehead atoms. The molecular weight excluding hydrogens is 200 g/mol. The Labute approximate surface area is 95.4 Å². The van der Waals surface area contributed by atoms with Crippen molar-refractivity contribution in [1.29, 1.82) is 0 Å². The Balaban J connectivity index is 2.41. The molecule has 2 aromatic rings. The van der Waals surface area contributed by atoms with Crippen LogP contribution in [0, 0.1) is 20.8 Å². The molecule has 0 saturated heterocycles. The molecular formula is C13H16N2O. The Hall–Kier alpha value is -1.61. The van der Waals surface area contributed by atoms with Crippen LogP contribution < -0.4 is 0 Å². The molecule has 3 nitrogen and oxygen atoms in total. The van der Waals surface area contributed by atoms with Crippen molar-refractivity contribution in [2.45, 2.75) is 27.0 Å². The van der Waals surface area contributed by atoms with E-state index in [2.05, 4.69) is 11.1 Å². The predicted octanol–water partition coefficient (Wildman–Crippen LogP) is 2.35. The highest BCUT2D eigenvalue weighted by atomic mass is 16.3. The third-order valence-electron chi connectivity index (χ3n) is 2.83. The van der Waals surface area contributed by atoms with Crippen molar-refractivity contribution in [3.8, 4) is 0 Å². The molecule has 1 unspecified atom stereocenters. The van der Waals surface area contributed by atoms with Gasteiger partial charge in [0.25, 0.3) is 0 Å². The lowest BCUT2D eigenvalue weighted by Crippen LogP contribution is -2.11. The quantitative estimate of drug-likeness (QED) is 0.836. The Bertz CT molecular complexity index is 502. The van der Waals surface area contributed by atoms with Crippen molar-refractivity contribution >= 4 is 0 Å². The second kappa shape index (κ2) is 4.10. The predicted molar refractivity (Wildman–Crippen MR) is 63.2 cm³/mol. The van der Waals surface area contributed by atoms with E-state index in [0.717, 1.165) is 16.8 Å². The van der Waals surface area contributed by atoms with Gasteiger partial charge in [-0.25, -0.2) is 4.98 Å². The van der Waals surface area contributed by atoms with Crippen LogP contribution in [0.15, 0.2) is 30.7 Å². The highest BCUT2D eigenvalue weighted by molar-refractivity contribution is 5.32. The molecule has 2 rings (SSSR count). The standard InChI is InChI=1S/C13H16N2O/c1-9-4-5-12(10(2)6-9)13(16)15-8-14-7-11(15)3/h4-8,13,16H,1-3H3. The molecule has 0 aliphatic carbocycles. The molecule has 1 aromatic carbocycles. The number of nitrogens with zero attached hydrogens (tertiary/aromatic N) is 2. The van der Waals surface area contributed by atoms with Crippen molar-refractivity contribution in [3.05, 3.63) is 53.1 Å². The summed E-state index contributed by atoms with van der Waals surface area (Å²) >= 11 is 0. The summed E-state index contributed by atoms with van der Waals surface area (Å²) in [4.78, 5) is 4.02. The molecule has 0 amide bonds. The summed E-state index contributed by atoms with van der Waals surface area (Å²) < 4.78 is 1.76. The molecule has 84 valence electrons. The monoisotopic (exact) mass is 216 g/mol. The first kappa shape index (κ1) is 10.9. The average molecular weight is 216 g/mol.